The maximum absolute atomic E-state index is 12.6. The molecule has 0 spiro atoms. The van der Waals surface area contributed by atoms with Crippen LogP contribution in [-0.2, 0) is 15.6 Å². The molecular weight excluding hydrogens is 370 g/mol. The lowest BCUT2D eigenvalue weighted by molar-refractivity contribution is 0.0666. The molecule has 0 amide bonds. The SMILES string of the molecule is COc1ccc(S(=O)(=O)NC[C@@](C)(O)c2cc3ccccc3s2)cc1C. The van der Waals surface area contributed by atoms with E-state index >= 15 is 0 Å². The molecule has 2 aromatic carbocycles. The van der Waals surface area contributed by atoms with E-state index in [1.165, 1.54) is 24.5 Å². The molecule has 1 atom stereocenters. The second kappa shape index (κ2) is 7.00. The number of methoxy groups -OCH3 is 1. The lowest BCUT2D eigenvalue weighted by atomic mass is 10.1. The van der Waals surface area contributed by atoms with Crippen LogP contribution in [0.4, 0.5) is 0 Å². The summed E-state index contributed by atoms with van der Waals surface area (Å²) in [5.74, 6) is 0.626. The number of fused-ring (bicyclic) bond motifs is 1. The Balaban J connectivity index is 1.80. The van der Waals surface area contributed by atoms with Crippen LogP contribution in [-0.4, -0.2) is 27.2 Å². The molecule has 138 valence electrons. The standard InChI is InChI=1S/C19H21NO4S2/c1-13-10-15(8-9-16(13)24-3)26(22,23)20-12-19(2,21)18-11-14-6-4-5-7-17(14)25-18/h4-11,20-21H,12H2,1-3H3/t19-/m1/s1. The zero-order valence-corrected chi connectivity index (χ0v) is 16.4. The molecule has 0 fully saturated rings. The van der Waals surface area contributed by atoms with Crippen molar-refractivity contribution in [1.29, 1.82) is 0 Å². The van der Waals surface area contributed by atoms with E-state index in [0.717, 1.165) is 15.6 Å². The maximum Gasteiger partial charge on any atom is 0.240 e. The second-order valence-corrected chi connectivity index (χ2v) is 9.23. The van der Waals surface area contributed by atoms with Gasteiger partial charge in [-0.3, -0.25) is 0 Å². The highest BCUT2D eigenvalue weighted by atomic mass is 32.2. The van der Waals surface area contributed by atoms with E-state index < -0.39 is 15.6 Å². The third-order valence-electron chi connectivity index (χ3n) is 4.24. The molecule has 1 heterocycles. The van der Waals surface area contributed by atoms with Crippen molar-refractivity contribution in [2.75, 3.05) is 13.7 Å². The average Bonchev–Trinajstić information content (AvgIpc) is 3.05. The Bertz CT molecular complexity index is 1010. The monoisotopic (exact) mass is 391 g/mol. The molecule has 0 aliphatic carbocycles. The molecule has 1 aromatic heterocycles. The smallest absolute Gasteiger partial charge is 0.240 e. The van der Waals surface area contributed by atoms with Gasteiger partial charge in [0.1, 0.15) is 11.4 Å². The van der Waals surface area contributed by atoms with Gasteiger partial charge >= 0.3 is 0 Å². The van der Waals surface area contributed by atoms with Crippen molar-refractivity contribution < 1.29 is 18.3 Å². The molecular formula is C19H21NO4S2. The van der Waals surface area contributed by atoms with Gasteiger partial charge in [-0.2, -0.15) is 0 Å². The molecule has 0 saturated heterocycles. The van der Waals surface area contributed by atoms with E-state index in [1.54, 1.807) is 26.0 Å². The Morgan fingerprint density at radius 2 is 1.92 bits per heavy atom. The molecule has 0 aliphatic rings. The van der Waals surface area contributed by atoms with Crippen molar-refractivity contribution >= 4 is 31.4 Å². The van der Waals surface area contributed by atoms with Crippen molar-refractivity contribution in [3.8, 4) is 5.75 Å². The number of sulfonamides is 1. The number of aryl methyl sites for hydroxylation is 1. The first-order valence-electron chi connectivity index (χ1n) is 8.09. The first-order chi connectivity index (χ1) is 12.2. The summed E-state index contributed by atoms with van der Waals surface area (Å²) in [5.41, 5.74) is -0.579. The summed E-state index contributed by atoms with van der Waals surface area (Å²) < 4.78 is 33.9. The van der Waals surface area contributed by atoms with Gasteiger partial charge in [-0.1, -0.05) is 18.2 Å². The maximum atomic E-state index is 12.6. The topological polar surface area (TPSA) is 75.6 Å². The largest absolute Gasteiger partial charge is 0.496 e. The van der Waals surface area contributed by atoms with Gasteiger partial charge in [-0.15, -0.1) is 11.3 Å². The third kappa shape index (κ3) is 3.76. The van der Waals surface area contributed by atoms with Gasteiger partial charge in [-0.25, -0.2) is 13.1 Å². The molecule has 3 aromatic rings. The molecule has 0 radical (unpaired) electrons. The van der Waals surface area contributed by atoms with Gasteiger partial charge in [-0.05, 0) is 55.1 Å². The number of hydrogen-bond acceptors (Lipinski definition) is 5. The van der Waals surface area contributed by atoms with E-state index in [9.17, 15) is 13.5 Å². The quantitative estimate of drug-likeness (QED) is 0.675. The summed E-state index contributed by atoms with van der Waals surface area (Å²) in [4.78, 5) is 0.857. The average molecular weight is 392 g/mol. The fourth-order valence-electron chi connectivity index (χ4n) is 2.67. The first kappa shape index (κ1) is 18.8. The summed E-state index contributed by atoms with van der Waals surface area (Å²) in [6.45, 7) is 3.28. The van der Waals surface area contributed by atoms with Gasteiger partial charge in [0.15, 0.2) is 0 Å². The summed E-state index contributed by atoms with van der Waals surface area (Å²) in [5, 5.41) is 11.8. The zero-order valence-electron chi connectivity index (χ0n) is 14.8. The minimum Gasteiger partial charge on any atom is -0.496 e. The lowest BCUT2D eigenvalue weighted by Gasteiger charge is -2.22. The number of benzene rings is 2. The highest BCUT2D eigenvalue weighted by molar-refractivity contribution is 7.89. The number of hydrogen-bond donors (Lipinski definition) is 2. The number of aliphatic hydroxyl groups is 1. The van der Waals surface area contributed by atoms with Crippen molar-refractivity contribution in [2.45, 2.75) is 24.3 Å². The van der Waals surface area contributed by atoms with Crippen LogP contribution in [0.15, 0.2) is 53.4 Å². The zero-order chi connectivity index (χ0) is 18.9. The Labute approximate surface area is 157 Å². The molecule has 0 unspecified atom stereocenters. The predicted octanol–water partition coefficient (Wildman–Crippen LogP) is 3.40. The Kier molecular flexibility index (Phi) is 5.07. The normalized spacial score (nSPS) is 14.3. The lowest BCUT2D eigenvalue weighted by Crippen LogP contribution is -2.38. The highest BCUT2D eigenvalue weighted by Gasteiger charge is 2.28. The highest BCUT2D eigenvalue weighted by Crippen LogP contribution is 2.33. The number of thiophene rings is 1. The number of rotatable bonds is 6. The molecule has 26 heavy (non-hydrogen) atoms. The van der Waals surface area contributed by atoms with Gasteiger partial charge in [0.2, 0.25) is 10.0 Å². The fourth-order valence-corrected chi connectivity index (χ4v) is 4.99. The minimum absolute atomic E-state index is 0.118. The fraction of sp³-hybridized carbons (Fsp3) is 0.263. The van der Waals surface area contributed by atoms with Gasteiger partial charge in [0, 0.05) is 16.1 Å². The molecule has 7 heteroatoms. The van der Waals surface area contributed by atoms with E-state index in [0.29, 0.717) is 10.6 Å². The van der Waals surface area contributed by atoms with Gasteiger partial charge < -0.3 is 9.84 Å². The van der Waals surface area contributed by atoms with Crippen LogP contribution in [0.25, 0.3) is 10.1 Å². The van der Waals surface area contributed by atoms with Crippen LogP contribution in [0, 0.1) is 6.92 Å². The van der Waals surface area contributed by atoms with E-state index in [2.05, 4.69) is 4.72 Å². The number of ether oxygens (including phenoxy) is 1. The molecule has 3 rings (SSSR count). The Hall–Kier alpha value is -1.93. The van der Waals surface area contributed by atoms with E-state index in [4.69, 9.17) is 4.74 Å². The second-order valence-electron chi connectivity index (χ2n) is 6.38. The van der Waals surface area contributed by atoms with Crippen molar-refractivity contribution in [3.63, 3.8) is 0 Å². The first-order valence-corrected chi connectivity index (χ1v) is 10.4. The van der Waals surface area contributed by atoms with Crippen LogP contribution in [0.5, 0.6) is 5.75 Å². The van der Waals surface area contributed by atoms with Crippen LogP contribution in [0.1, 0.15) is 17.4 Å². The van der Waals surface area contributed by atoms with Crippen molar-refractivity contribution in [1.82, 2.24) is 4.72 Å². The predicted molar refractivity (Wildman–Crippen MR) is 104 cm³/mol. The summed E-state index contributed by atoms with van der Waals surface area (Å²) in [6, 6.07) is 14.4. The third-order valence-corrected chi connectivity index (χ3v) is 7.01. The van der Waals surface area contributed by atoms with Crippen molar-refractivity contribution in [3.05, 3.63) is 59.0 Å². The van der Waals surface area contributed by atoms with Crippen LogP contribution < -0.4 is 9.46 Å². The van der Waals surface area contributed by atoms with Crippen LogP contribution in [0.3, 0.4) is 0 Å². The Morgan fingerprint density at radius 1 is 1.19 bits per heavy atom. The number of nitrogens with one attached hydrogen (secondary N) is 1. The molecule has 0 bridgehead atoms. The summed E-state index contributed by atoms with van der Waals surface area (Å²) in [7, 11) is -2.20. The van der Waals surface area contributed by atoms with Crippen LogP contribution >= 0.6 is 11.3 Å². The van der Waals surface area contributed by atoms with Gasteiger partial charge in [0.25, 0.3) is 0 Å². The molecule has 2 N–H and O–H groups in total. The van der Waals surface area contributed by atoms with Crippen LogP contribution in [0.2, 0.25) is 0 Å². The molecule has 5 nitrogen and oxygen atoms in total. The molecule has 0 saturated carbocycles. The van der Waals surface area contributed by atoms with E-state index in [-0.39, 0.29) is 11.4 Å². The Morgan fingerprint density at radius 3 is 2.58 bits per heavy atom. The van der Waals surface area contributed by atoms with Crippen molar-refractivity contribution in [2.24, 2.45) is 0 Å². The van der Waals surface area contributed by atoms with E-state index in [1.807, 2.05) is 30.3 Å². The summed E-state index contributed by atoms with van der Waals surface area (Å²) in [6.07, 6.45) is 0. The molecule has 0 aliphatic heterocycles. The summed E-state index contributed by atoms with van der Waals surface area (Å²) >= 11 is 1.46. The minimum atomic E-state index is -3.74. The van der Waals surface area contributed by atoms with Gasteiger partial charge in [0.05, 0.1) is 12.0 Å².